The van der Waals surface area contributed by atoms with Gasteiger partial charge >= 0.3 is 0 Å². The monoisotopic (exact) mass is 274 g/mol. The molecule has 0 saturated heterocycles. The second-order valence-electron chi connectivity index (χ2n) is 3.82. The Labute approximate surface area is 97.6 Å². The van der Waals surface area contributed by atoms with Crippen LogP contribution in [0, 0.1) is 0 Å². The molecule has 1 aromatic rings. The van der Waals surface area contributed by atoms with Gasteiger partial charge in [-0.25, -0.2) is 0 Å². The van der Waals surface area contributed by atoms with Crippen LogP contribution < -0.4 is 0 Å². The lowest BCUT2D eigenvalue weighted by Crippen LogP contribution is -2.20. The predicted molar refractivity (Wildman–Crippen MR) is 64.7 cm³/mol. The molecule has 4 heteroatoms. The Bertz CT molecular complexity index is 300. The molecule has 0 amide bonds. The highest BCUT2D eigenvalue weighted by atomic mass is 79.9. The van der Waals surface area contributed by atoms with Gasteiger partial charge in [-0.15, -0.1) is 0 Å². The van der Waals surface area contributed by atoms with E-state index in [1.807, 2.05) is 18.0 Å². The maximum absolute atomic E-state index is 4.37. The summed E-state index contributed by atoms with van der Waals surface area (Å²) in [4.78, 5) is 0. The Morgan fingerprint density at radius 2 is 2.43 bits per heavy atom. The molecule has 78 valence electrons. The molecule has 0 aromatic carbocycles. The Morgan fingerprint density at radius 1 is 1.57 bits per heavy atom. The van der Waals surface area contributed by atoms with Crippen LogP contribution in [-0.2, 0) is 0 Å². The lowest BCUT2D eigenvalue weighted by molar-refractivity contribution is 0.336. The van der Waals surface area contributed by atoms with Crippen LogP contribution in [-0.4, -0.2) is 21.3 Å². The number of hydrogen-bond acceptors (Lipinski definition) is 2. The van der Waals surface area contributed by atoms with E-state index in [0.717, 1.165) is 9.72 Å². The Morgan fingerprint density at radius 3 is 3.07 bits per heavy atom. The van der Waals surface area contributed by atoms with E-state index in [-0.39, 0.29) is 0 Å². The SMILES string of the molecule is CSC1CCCC(n2cc(Br)cn2)C1. The van der Waals surface area contributed by atoms with Gasteiger partial charge < -0.3 is 0 Å². The fourth-order valence-electron chi connectivity index (χ4n) is 2.09. The molecule has 1 heterocycles. The van der Waals surface area contributed by atoms with Gasteiger partial charge in [0, 0.05) is 11.4 Å². The minimum atomic E-state index is 0.618. The lowest BCUT2D eigenvalue weighted by Gasteiger charge is -2.28. The number of rotatable bonds is 2. The average Bonchev–Trinajstić information content (AvgIpc) is 2.65. The van der Waals surface area contributed by atoms with Crippen LogP contribution in [0.1, 0.15) is 31.7 Å². The maximum Gasteiger partial charge on any atom is 0.0632 e. The molecule has 2 unspecified atom stereocenters. The summed E-state index contributed by atoms with van der Waals surface area (Å²) in [5, 5.41) is 5.20. The van der Waals surface area contributed by atoms with Crippen LogP contribution in [0.2, 0.25) is 0 Å². The zero-order valence-electron chi connectivity index (χ0n) is 8.32. The molecule has 0 N–H and O–H groups in total. The number of halogens is 1. The van der Waals surface area contributed by atoms with E-state index >= 15 is 0 Å². The first kappa shape index (κ1) is 10.6. The van der Waals surface area contributed by atoms with Crippen molar-refractivity contribution >= 4 is 27.7 Å². The van der Waals surface area contributed by atoms with Crippen molar-refractivity contribution in [3.63, 3.8) is 0 Å². The molecule has 1 aliphatic carbocycles. The van der Waals surface area contributed by atoms with Crippen molar-refractivity contribution in [3.05, 3.63) is 16.9 Å². The largest absolute Gasteiger partial charge is 0.268 e. The van der Waals surface area contributed by atoms with Gasteiger partial charge in [-0.1, -0.05) is 6.42 Å². The number of aromatic nitrogens is 2. The molecular formula is C10H15BrN2S. The smallest absolute Gasteiger partial charge is 0.0632 e. The molecule has 1 aliphatic rings. The molecule has 1 fully saturated rings. The van der Waals surface area contributed by atoms with Gasteiger partial charge in [-0.05, 0) is 41.4 Å². The van der Waals surface area contributed by atoms with E-state index in [1.165, 1.54) is 25.7 Å². The highest BCUT2D eigenvalue weighted by molar-refractivity contribution is 9.10. The van der Waals surface area contributed by atoms with Crippen LogP contribution in [0.3, 0.4) is 0 Å². The fraction of sp³-hybridized carbons (Fsp3) is 0.700. The van der Waals surface area contributed by atoms with Crippen LogP contribution in [0.25, 0.3) is 0 Å². The van der Waals surface area contributed by atoms with Crippen molar-refractivity contribution in [1.82, 2.24) is 9.78 Å². The first-order chi connectivity index (χ1) is 6.79. The quantitative estimate of drug-likeness (QED) is 0.822. The van der Waals surface area contributed by atoms with Gasteiger partial charge in [0.05, 0.1) is 16.7 Å². The third-order valence-electron chi connectivity index (χ3n) is 2.88. The Kier molecular flexibility index (Phi) is 3.55. The summed E-state index contributed by atoms with van der Waals surface area (Å²) >= 11 is 5.44. The van der Waals surface area contributed by atoms with Crippen LogP contribution in [0.15, 0.2) is 16.9 Å². The van der Waals surface area contributed by atoms with Gasteiger partial charge in [0.2, 0.25) is 0 Å². The first-order valence-electron chi connectivity index (χ1n) is 5.02. The van der Waals surface area contributed by atoms with E-state index in [2.05, 4.69) is 38.2 Å². The first-order valence-corrected chi connectivity index (χ1v) is 7.10. The average molecular weight is 275 g/mol. The summed E-state index contributed by atoms with van der Waals surface area (Å²) in [6.45, 7) is 0. The molecule has 1 aromatic heterocycles. The van der Waals surface area contributed by atoms with Gasteiger partial charge in [-0.2, -0.15) is 16.9 Å². The molecule has 1 saturated carbocycles. The maximum atomic E-state index is 4.37. The van der Waals surface area contributed by atoms with Crippen molar-refractivity contribution < 1.29 is 0 Å². The minimum Gasteiger partial charge on any atom is -0.268 e. The summed E-state index contributed by atoms with van der Waals surface area (Å²) < 4.78 is 3.20. The van der Waals surface area contributed by atoms with E-state index in [9.17, 15) is 0 Å². The van der Waals surface area contributed by atoms with E-state index in [0.29, 0.717) is 6.04 Å². The normalized spacial score (nSPS) is 27.9. The number of hydrogen-bond donors (Lipinski definition) is 0. The third-order valence-corrected chi connectivity index (χ3v) is 4.38. The van der Waals surface area contributed by atoms with Crippen molar-refractivity contribution in [1.29, 1.82) is 0 Å². The van der Waals surface area contributed by atoms with E-state index in [4.69, 9.17) is 0 Å². The summed E-state index contributed by atoms with van der Waals surface area (Å²) in [5.41, 5.74) is 0. The summed E-state index contributed by atoms with van der Waals surface area (Å²) in [5.74, 6) is 0. The highest BCUT2D eigenvalue weighted by Crippen LogP contribution is 2.33. The molecular weight excluding hydrogens is 260 g/mol. The van der Waals surface area contributed by atoms with Crippen molar-refractivity contribution in [2.24, 2.45) is 0 Å². The van der Waals surface area contributed by atoms with Crippen LogP contribution >= 0.6 is 27.7 Å². The molecule has 0 radical (unpaired) electrons. The van der Waals surface area contributed by atoms with Gasteiger partial charge in [0.1, 0.15) is 0 Å². The minimum absolute atomic E-state index is 0.618. The summed E-state index contributed by atoms with van der Waals surface area (Å²) in [6.07, 6.45) is 11.5. The van der Waals surface area contributed by atoms with Crippen molar-refractivity contribution in [2.45, 2.75) is 37.0 Å². The Balaban J connectivity index is 2.04. The predicted octanol–water partition coefficient (Wildman–Crippen LogP) is 3.49. The van der Waals surface area contributed by atoms with Gasteiger partial charge in [-0.3, -0.25) is 4.68 Å². The van der Waals surface area contributed by atoms with Gasteiger partial charge in [0.15, 0.2) is 0 Å². The molecule has 14 heavy (non-hydrogen) atoms. The third kappa shape index (κ3) is 2.34. The van der Waals surface area contributed by atoms with Crippen molar-refractivity contribution in [2.75, 3.05) is 6.26 Å². The lowest BCUT2D eigenvalue weighted by atomic mass is 9.95. The molecule has 0 aliphatic heterocycles. The van der Waals surface area contributed by atoms with Crippen LogP contribution in [0.5, 0.6) is 0 Å². The molecule has 0 bridgehead atoms. The number of nitrogens with zero attached hydrogens (tertiary/aromatic N) is 2. The zero-order chi connectivity index (χ0) is 9.97. The highest BCUT2D eigenvalue weighted by Gasteiger charge is 2.22. The molecule has 0 spiro atoms. The zero-order valence-corrected chi connectivity index (χ0v) is 10.7. The van der Waals surface area contributed by atoms with Gasteiger partial charge in [0.25, 0.3) is 0 Å². The second-order valence-corrected chi connectivity index (χ2v) is 5.87. The van der Waals surface area contributed by atoms with E-state index in [1.54, 1.807) is 0 Å². The number of thioether (sulfide) groups is 1. The molecule has 2 rings (SSSR count). The summed E-state index contributed by atoms with van der Waals surface area (Å²) in [6, 6.07) is 0.618. The molecule has 2 atom stereocenters. The van der Waals surface area contributed by atoms with E-state index < -0.39 is 0 Å². The van der Waals surface area contributed by atoms with Crippen LogP contribution in [0.4, 0.5) is 0 Å². The standard InChI is InChI=1S/C10H15BrN2S/c1-14-10-4-2-3-9(5-10)13-7-8(11)6-12-13/h6-7,9-10H,2-5H2,1H3. The topological polar surface area (TPSA) is 17.8 Å². The second kappa shape index (κ2) is 4.71. The van der Waals surface area contributed by atoms with Crippen molar-refractivity contribution in [3.8, 4) is 0 Å². The fourth-order valence-corrected chi connectivity index (χ4v) is 3.21. The summed E-state index contributed by atoms with van der Waals surface area (Å²) in [7, 11) is 0. The molecule has 2 nitrogen and oxygen atoms in total. The Hall–Kier alpha value is 0.0400.